The second kappa shape index (κ2) is 8.62. The number of hydrogen-bond acceptors (Lipinski definition) is 5. The highest BCUT2D eigenvalue weighted by Crippen LogP contribution is 2.34. The predicted octanol–water partition coefficient (Wildman–Crippen LogP) is 3.14. The van der Waals surface area contributed by atoms with Crippen LogP contribution in [0.5, 0.6) is 0 Å². The number of fused-ring (bicyclic) bond motifs is 1. The lowest BCUT2D eigenvalue weighted by atomic mass is 9.96. The van der Waals surface area contributed by atoms with Gasteiger partial charge in [0.25, 0.3) is 11.8 Å². The Morgan fingerprint density at radius 1 is 1.03 bits per heavy atom. The average Bonchev–Trinajstić information content (AvgIpc) is 3.43. The lowest BCUT2D eigenvalue weighted by Gasteiger charge is -2.24. The number of hydrogen-bond donors (Lipinski definition) is 1. The molecule has 2 aliphatic rings. The minimum absolute atomic E-state index is 0.0901. The van der Waals surface area contributed by atoms with Gasteiger partial charge in [0.2, 0.25) is 0 Å². The molecule has 2 aliphatic heterocycles. The van der Waals surface area contributed by atoms with Crippen LogP contribution in [0.3, 0.4) is 0 Å². The molecule has 0 saturated carbocycles. The highest BCUT2D eigenvalue weighted by atomic mass is 16.2. The van der Waals surface area contributed by atoms with Gasteiger partial charge in [0.15, 0.2) is 0 Å². The number of urea groups is 1. The van der Waals surface area contributed by atoms with Crippen LogP contribution in [0.15, 0.2) is 71.8 Å². The first-order valence-electron chi connectivity index (χ1n) is 11.1. The maximum Gasteiger partial charge on any atom is 0.325 e. The van der Waals surface area contributed by atoms with Gasteiger partial charge >= 0.3 is 6.03 Å². The van der Waals surface area contributed by atoms with E-state index in [1.807, 2.05) is 73.6 Å². The van der Waals surface area contributed by atoms with Crippen LogP contribution in [-0.2, 0) is 9.59 Å². The third-order valence-corrected chi connectivity index (χ3v) is 6.27. The van der Waals surface area contributed by atoms with Gasteiger partial charge in [0.05, 0.1) is 18.3 Å². The first-order chi connectivity index (χ1) is 16.4. The summed E-state index contributed by atoms with van der Waals surface area (Å²) in [7, 11) is 3.94. The number of anilines is 1. The topological polar surface area (TPSA) is 85.3 Å². The number of imide groups is 1. The molecular formula is C26H25N5O3. The summed E-state index contributed by atoms with van der Waals surface area (Å²) >= 11 is 0. The van der Waals surface area contributed by atoms with Gasteiger partial charge in [-0.2, -0.15) is 5.10 Å². The molecule has 172 valence electrons. The Morgan fingerprint density at radius 3 is 2.44 bits per heavy atom. The van der Waals surface area contributed by atoms with E-state index in [2.05, 4.69) is 17.4 Å². The normalized spacial score (nSPS) is 17.8. The number of amides is 4. The summed E-state index contributed by atoms with van der Waals surface area (Å²) in [4.78, 5) is 40.2. The summed E-state index contributed by atoms with van der Waals surface area (Å²) in [5.41, 5.74) is 3.72. The van der Waals surface area contributed by atoms with Crippen molar-refractivity contribution in [1.82, 2.24) is 15.2 Å². The summed E-state index contributed by atoms with van der Waals surface area (Å²) in [6.45, 7) is -0.432. The predicted molar refractivity (Wildman–Crippen MR) is 131 cm³/mol. The number of benzene rings is 3. The Kier molecular flexibility index (Phi) is 5.49. The number of carbonyl (C=O) groups excluding carboxylic acids is 3. The third-order valence-electron chi connectivity index (χ3n) is 6.27. The van der Waals surface area contributed by atoms with Gasteiger partial charge in [0.1, 0.15) is 6.54 Å². The largest absolute Gasteiger partial charge is 0.378 e. The van der Waals surface area contributed by atoms with Crippen LogP contribution < -0.4 is 10.2 Å². The van der Waals surface area contributed by atoms with E-state index in [1.54, 1.807) is 0 Å². The fourth-order valence-corrected chi connectivity index (χ4v) is 4.36. The van der Waals surface area contributed by atoms with Gasteiger partial charge in [-0.05, 0) is 40.1 Å². The van der Waals surface area contributed by atoms with E-state index < -0.39 is 17.8 Å². The van der Waals surface area contributed by atoms with Crippen LogP contribution in [0.25, 0.3) is 10.8 Å². The van der Waals surface area contributed by atoms with E-state index in [0.29, 0.717) is 6.42 Å². The Labute approximate surface area is 197 Å². The highest BCUT2D eigenvalue weighted by molar-refractivity contribution is 6.07. The summed E-state index contributed by atoms with van der Waals surface area (Å²) in [6.07, 6.45) is 0.533. The fourth-order valence-electron chi connectivity index (χ4n) is 4.36. The van der Waals surface area contributed by atoms with Gasteiger partial charge < -0.3 is 10.2 Å². The summed E-state index contributed by atoms with van der Waals surface area (Å²) in [6, 6.07) is 21.3. The quantitative estimate of drug-likeness (QED) is 0.599. The molecule has 4 amide bonds. The molecule has 1 N–H and O–H groups in total. The van der Waals surface area contributed by atoms with E-state index in [-0.39, 0.29) is 19.1 Å². The molecule has 34 heavy (non-hydrogen) atoms. The number of nitrogens with one attached hydrogen (secondary N) is 1. The van der Waals surface area contributed by atoms with E-state index in [0.717, 1.165) is 38.2 Å². The first-order valence-corrected chi connectivity index (χ1v) is 11.1. The van der Waals surface area contributed by atoms with E-state index in [4.69, 9.17) is 5.10 Å². The lowest BCUT2D eigenvalue weighted by molar-refractivity contribution is -0.137. The van der Waals surface area contributed by atoms with Crippen molar-refractivity contribution in [1.29, 1.82) is 0 Å². The Hall–Kier alpha value is -4.20. The van der Waals surface area contributed by atoms with Crippen molar-refractivity contribution < 1.29 is 14.4 Å². The van der Waals surface area contributed by atoms with Crippen molar-refractivity contribution >= 4 is 40.0 Å². The van der Waals surface area contributed by atoms with E-state index in [1.165, 1.54) is 5.01 Å². The first kappa shape index (κ1) is 21.6. The molecule has 1 atom stereocenters. The van der Waals surface area contributed by atoms with Crippen molar-refractivity contribution in [3.63, 3.8) is 0 Å². The van der Waals surface area contributed by atoms with Crippen molar-refractivity contribution in [2.75, 3.05) is 32.1 Å². The minimum Gasteiger partial charge on any atom is -0.378 e. The van der Waals surface area contributed by atoms with Crippen molar-refractivity contribution in [3.05, 3.63) is 77.9 Å². The number of carbonyl (C=O) groups is 3. The van der Waals surface area contributed by atoms with Gasteiger partial charge in [-0.3, -0.25) is 14.5 Å². The van der Waals surface area contributed by atoms with Crippen LogP contribution in [0.1, 0.15) is 23.6 Å². The maximum absolute atomic E-state index is 13.3. The molecule has 0 radical (unpaired) electrons. The third kappa shape index (κ3) is 3.98. The summed E-state index contributed by atoms with van der Waals surface area (Å²) < 4.78 is 0. The molecule has 8 heteroatoms. The van der Waals surface area contributed by atoms with E-state index in [9.17, 15) is 14.4 Å². The van der Waals surface area contributed by atoms with Crippen LogP contribution in [0, 0.1) is 0 Å². The average molecular weight is 456 g/mol. The molecule has 2 heterocycles. The van der Waals surface area contributed by atoms with Crippen LogP contribution in [0.2, 0.25) is 0 Å². The maximum atomic E-state index is 13.3. The molecule has 8 nitrogen and oxygen atoms in total. The van der Waals surface area contributed by atoms with Crippen LogP contribution in [-0.4, -0.2) is 60.7 Å². The molecule has 3 aromatic rings. The van der Waals surface area contributed by atoms with Gasteiger partial charge in [0, 0.05) is 26.2 Å². The van der Waals surface area contributed by atoms with Crippen LogP contribution >= 0.6 is 0 Å². The zero-order valence-corrected chi connectivity index (χ0v) is 19.1. The zero-order valence-electron chi connectivity index (χ0n) is 19.1. The molecule has 5 rings (SSSR count). The Morgan fingerprint density at radius 2 is 1.76 bits per heavy atom. The van der Waals surface area contributed by atoms with Gasteiger partial charge in [-0.1, -0.05) is 48.5 Å². The lowest BCUT2D eigenvalue weighted by Crippen LogP contribution is -2.41. The number of nitrogens with zero attached hydrogens (tertiary/aromatic N) is 4. The van der Waals surface area contributed by atoms with Gasteiger partial charge in [-0.25, -0.2) is 9.80 Å². The van der Waals surface area contributed by atoms with Gasteiger partial charge in [-0.15, -0.1) is 0 Å². The van der Waals surface area contributed by atoms with Crippen LogP contribution in [0.4, 0.5) is 10.5 Å². The zero-order chi connectivity index (χ0) is 23.8. The molecule has 0 aliphatic carbocycles. The number of hydrazone groups is 1. The standard InChI is InChI=1S/C26H25N5O3/c1-29(2)21-11-9-18(10-12-21)23-14-22(20-8-7-17-5-3-4-6-19(17)13-20)28-31(23)25(33)16-30-24(32)15-27-26(30)34/h3-13,23H,14-16H2,1-2H3,(H,27,34). The summed E-state index contributed by atoms with van der Waals surface area (Å²) in [5.74, 6) is -0.814. The molecule has 0 bridgehead atoms. The minimum atomic E-state index is -0.553. The smallest absolute Gasteiger partial charge is 0.325 e. The van der Waals surface area contributed by atoms with E-state index >= 15 is 0 Å². The monoisotopic (exact) mass is 455 g/mol. The fraction of sp³-hybridized carbons (Fsp3) is 0.231. The van der Waals surface area contributed by atoms with Crippen molar-refractivity contribution in [3.8, 4) is 0 Å². The SMILES string of the molecule is CN(C)c1ccc(C2CC(c3ccc4ccccc4c3)=NN2C(=O)CN2C(=O)CNC2=O)cc1. The number of rotatable bonds is 5. The highest BCUT2D eigenvalue weighted by Gasteiger charge is 2.37. The molecule has 0 aromatic heterocycles. The van der Waals surface area contributed by atoms with Crippen molar-refractivity contribution in [2.24, 2.45) is 5.10 Å². The molecular weight excluding hydrogens is 430 g/mol. The van der Waals surface area contributed by atoms with Crippen molar-refractivity contribution in [2.45, 2.75) is 12.5 Å². The molecule has 1 fully saturated rings. The molecule has 1 saturated heterocycles. The molecule has 1 unspecified atom stereocenters. The second-order valence-electron chi connectivity index (χ2n) is 8.69. The Bertz CT molecular complexity index is 1300. The summed E-state index contributed by atoms with van der Waals surface area (Å²) in [5, 5.41) is 10.8. The second-order valence-corrected chi connectivity index (χ2v) is 8.69. The molecule has 0 spiro atoms. The molecule has 3 aromatic carbocycles. The Balaban J connectivity index is 1.48.